The monoisotopic (exact) mass is 415 g/mol. The molecule has 2 amide bonds. The molecule has 0 aliphatic carbocycles. The molecule has 156 valence electrons. The van der Waals surface area contributed by atoms with Crippen molar-refractivity contribution in [2.24, 2.45) is 0 Å². The number of para-hydroxylation sites is 1. The van der Waals surface area contributed by atoms with Crippen LogP contribution in [0.3, 0.4) is 0 Å². The average Bonchev–Trinajstić information content (AvgIpc) is 3.23. The van der Waals surface area contributed by atoms with Crippen LogP contribution in [0.15, 0.2) is 85.1 Å². The van der Waals surface area contributed by atoms with Crippen LogP contribution in [-0.4, -0.2) is 29.9 Å². The van der Waals surface area contributed by atoms with Crippen LogP contribution < -0.4 is 10.6 Å². The van der Waals surface area contributed by atoms with E-state index in [1.165, 1.54) is 24.3 Å². The maximum absolute atomic E-state index is 13.0. The van der Waals surface area contributed by atoms with Gasteiger partial charge in [0.05, 0.1) is 6.54 Å². The summed E-state index contributed by atoms with van der Waals surface area (Å²) in [5.41, 5.74) is 3.52. The van der Waals surface area contributed by atoms with Gasteiger partial charge in [-0.05, 0) is 41.5 Å². The van der Waals surface area contributed by atoms with E-state index in [-0.39, 0.29) is 18.4 Å². The molecule has 0 fully saturated rings. The minimum Gasteiger partial charge on any atom is -0.361 e. The van der Waals surface area contributed by atoms with Crippen LogP contribution in [0, 0.1) is 5.82 Å². The summed E-state index contributed by atoms with van der Waals surface area (Å²) in [5.74, 6) is -1.18. The molecule has 0 aliphatic heterocycles. The lowest BCUT2D eigenvalue weighted by atomic mass is 9.91. The van der Waals surface area contributed by atoms with E-state index >= 15 is 0 Å². The zero-order valence-electron chi connectivity index (χ0n) is 16.8. The van der Waals surface area contributed by atoms with Gasteiger partial charge in [-0.1, -0.05) is 48.5 Å². The first-order valence-electron chi connectivity index (χ1n) is 10.0. The van der Waals surface area contributed by atoms with Gasteiger partial charge in [0.25, 0.3) is 5.91 Å². The zero-order valence-corrected chi connectivity index (χ0v) is 16.8. The SMILES string of the molecule is O=C(CNC(=O)c1ccc(F)cc1)NCC(c1ccccc1)c1c[nH]c2ccccc12. The van der Waals surface area contributed by atoms with Crippen LogP contribution in [0.1, 0.15) is 27.4 Å². The zero-order chi connectivity index (χ0) is 21.6. The van der Waals surface area contributed by atoms with E-state index < -0.39 is 11.7 Å². The predicted octanol–water partition coefficient (Wildman–Crippen LogP) is 3.99. The number of amides is 2. The Morgan fingerprint density at radius 3 is 2.35 bits per heavy atom. The van der Waals surface area contributed by atoms with E-state index in [2.05, 4.69) is 21.7 Å². The summed E-state index contributed by atoms with van der Waals surface area (Å²) in [4.78, 5) is 27.8. The Hall–Kier alpha value is -3.93. The van der Waals surface area contributed by atoms with E-state index in [0.717, 1.165) is 22.0 Å². The number of rotatable bonds is 7. The maximum Gasteiger partial charge on any atom is 0.251 e. The third-order valence-corrected chi connectivity index (χ3v) is 5.22. The van der Waals surface area contributed by atoms with Gasteiger partial charge in [0.2, 0.25) is 5.91 Å². The molecule has 0 aliphatic rings. The topological polar surface area (TPSA) is 74.0 Å². The molecule has 1 atom stereocenters. The molecule has 0 saturated heterocycles. The second-order valence-electron chi connectivity index (χ2n) is 7.25. The highest BCUT2D eigenvalue weighted by atomic mass is 19.1. The number of halogens is 1. The average molecular weight is 415 g/mol. The van der Waals surface area contributed by atoms with Gasteiger partial charge in [-0.15, -0.1) is 0 Å². The molecule has 0 bridgehead atoms. The molecule has 4 aromatic rings. The summed E-state index contributed by atoms with van der Waals surface area (Å²) in [5, 5.41) is 6.60. The van der Waals surface area contributed by atoms with Crippen molar-refractivity contribution in [3.8, 4) is 0 Å². The lowest BCUT2D eigenvalue weighted by Gasteiger charge is -2.18. The molecule has 3 aromatic carbocycles. The van der Waals surface area contributed by atoms with Crippen LogP contribution >= 0.6 is 0 Å². The largest absolute Gasteiger partial charge is 0.361 e. The Bertz CT molecular complexity index is 1190. The Morgan fingerprint density at radius 2 is 1.58 bits per heavy atom. The number of benzene rings is 3. The highest BCUT2D eigenvalue weighted by Crippen LogP contribution is 2.30. The molecule has 0 spiro atoms. The fourth-order valence-corrected chi connectivity index (χ4v) is 3.62. The molecule has 31 heavy (non-hydrogen) atoms. The normalized spacial score (nSPS) is 11.8. The molecule has 3 N–H and O–H groups in total. The van der Waals surface area contributed by atoms with Gasteiger partial charge in [0, 0.05) is 35.1 Å². The van der Waals surface area contributed by atoms with Crippen LogP contribution in [0.4, 0.5) is 4.39 Å². The molecule has 4 rings (SSSR count). The smallest absolute Gasteiger partial charge is 0.251 e. The Labute approximate surface area is 179 Å². The van der Waals surface area contributed by atoms with Gasteiger partial charge in [-0.3, -0.25) is 9.59 Å². The van der Waals surface area contributed by atoms with Crippen LogP contribution in [0.25, 0.3) is 10.9 Å². The first-order chi connectivity index (χ1) is 15.1. The molecule has 6 heteroatoms. The number of aromatic amines is 1. The first kappa shape index (κ1) is 20.3. The van der Waals surface area contributed by atoms with Crippen molar-refractivity contribution in [2.45, 2.75) is 5.92 Å². The van der Waals surface area contributed by atoms with Gasteiger partial charge in [0.15, 0.2) is 0 Å². The van der Waals surface area contributed by atoms with Gasteiger partial charge < -0.3 is 15.6 Å². The summed E-state index contributed by atoms with van der Waals surface area (Å²) in [7, 11) is 0. The molecule has 5 nitrogen and oxygen atoms in total. The number of carbonyl (C=O) groups is 2. The minimum atomic E-state index is -0.425. The van der Waals surface area contributed by atoms with Crippen molar-refractivity contribution >= 4 is 22.7 Å². The number of nitrogens with one attached hydrogen (secondary N) is 3. The third-order valence-electron chi connectivity index (χ3n) is 5.22. The molecular weight excluding hydrogens is 393 g/mol. The molecule has 1 aromatic heterocycles. The second-order valence-corrected chi connectivity index (χ2v) is 7.25. The van der Waals surface area contributed by atoms with Crippen LogP contribution in [0.5, 0.6) is 0 Å². The molecule has 1 unspecified atom stereocenters. The van der Waals surface area contributed by atoms with Gasteiger partial charge >= 0.3 is 0 Å². The van der Waals surface area contributed by atoms with Gasteiger partial charge in [0.1, 0.15) is 5.82 Å². The van der Waals surface area contributed by atoms with Crippen molar-refractivity contribution in [1.29, 1.82) is 0 Å². The van der Waals surface area contributed by atoms with Crippen molar-refractivity contribution < 1.29 is 14.0 Å². The first-order valence-corrected chi connectivity index (χ1v) is 10.0. The van der Waals surface area contributed by atoms with Crippen molar-refractivity contribution in [3.05, 3.63) is 108 Å². The van der Waals surface area contributed by atoms with Crippen molar-refractivity contribution in [3.63, 3.8) is 0 Å². The highest BCUT2D eigenvalue weighted by Gasteiger charge is 2.19. The third kappa shape index (κ3) is 4.80. The number of hydrogen-bond donors (Lipinski definition) is 3. The maximum atomic E-state index is 13.0. The molecule has 0 saturated carbocycles. The number of H-pyrrole nitrogens is 1. The molecule has 1 heterocycles. The Balaban J connectivity index is 1.43. The van der Waals surface area contributed by atoms with E-state index in [1.807, 2.05) is 54.7 Å². The summed E-state index contributed by atoms with van der Waals surface area (Å²) in [6.45, 7) is 0.225. The fraction of sp³-hybridized carbons (Fsp3) is 0.120. The van der Waals surface area contributed by atoms with Crippen LogP contribution in [0.2, 0.25) is 0 Å². The second kappa shape index (κ2) is 9.26. The lowest BCUT2D eigenvalue weighted by molar-refractivity contribution is -0.120. The fourth-order valence-electron chi connectivity index (χ4n) is 3.62. The number of hydrogen-bond acceptors (Lipinski definition) is 2. The summed E-state index contributed by atoms with van der Waals surface area (Å²) in [6, 6.07) is 23.2. The van der Waals surface area contributed by atoms with E-state index in [0.29, 0.717) is 12.1 Å². The Kier molecular flexibility index (Phi) is 6.08. The lowest BCUT2D eigenvalue weighted by Crippen LogP contribution is -2.38. The summed E-state index contributed by atoms with van der Waals surface area (Å²) in [6.07, 6.45) is 1.98. The minimum absolute atomic E-state index is 0.0471. The highest BCUT2D eigenvalue weighted by molar-refractivity contribution is 5.96. The number of carbonyl (C=O) groups excluding carboxylic acids is 2. The summed E-state index contributed by atoms with van der Waals surface area (Å²) < 4.78 is 13.0. The van der Waals surface area contributed by atoms with Crippen molar-refractivity contribution in [1.82, 2.24) is 15.6 Å². The quantitative estimate of drug-likeness (QED) is 0.427. The molecular formula is C25H22FN3O2. The van der Waals surface area contributed by atoms with Crippen molar-refractivity contribution in [2.75, 3.05) is 13.1 Å². The number of aromatic nitrogens is 1. The predicted molar refractivity (Wildman–Crippen MR) is 118 cm³/mol. The van der Waals surface area contributed by atoms with Gasteiger partial charge in [-0.25, -0.2) is 4.39 Å². The number of fused-ring (bicyclic) bond motifs is 1. The van der Waals surface area contributed by atoms with E-state index in [1.54, 1.807) is 0 Å². The van der Waals surface area contributed by atoms with E-state index in [9.17, 15) is 14.0 Å². The Morgan fingerprint density at radius 1 is 0.871 bits per heavy atom. The van der Waals surface area contributed by atoms with E-state index in [4.69, 9.17) is 0 Å². The summed E-state index contributed by atoms with van der Waals surface area (Å²) >= 11 is 0. The van der Waals surface area contributed by atoms with Gasteiger partial charge in [-0.2, -0.15) is 0 Å². The standard InChI is InChI=1S/C25H22FN3O2/c26-19-12-10-18(11-13-19)25(31)29-16-24(30)28-14-21(17-6-2-1-3-7-17)22-15-27-23-9-5-4-8-20(22)23/h1-13,15,21,27H,14,16H2,(H,28,30)(H,29,31). The van der Waals surface area contributed by atoms with Crippen LogP contribution in [-0.2, 0) is 4.79 Å². The molecule has 0 radical (unpaired) electrons.